The number of carbonyl (C=O) groups excluding carboxylic acids is 3. The Balaban J connectivity index is 1.42. The summed E-state index contributed by atoms with van der Waals surface area (Å²) in [6.45, 7) is 4.61. The van der Waals surface area contributed by atoms with Crippen molar-refractivity contribution >= 4 is 66.0 Å². The highest BCUT2D eigenvalue weighted by atomic mass is 79.9. The first-order chi connectivity index (χ1) is 17.0. The zero-order chi connectivity index (χ0) is 24.4. The fourth-order valence-corrected chi connectivity index (χ4v) is 5.90. The van der Waals surface area contributed by atoms with Crippen molar-refractivity contribution in [1.82, 2.24) is 9.88 Å². The third kappa shape index (κ3) is 5.30. The van der Waals surface area contributed by atoms with Crippen LogP contribution in [0.2, 0.25) is 0 Å². The van der Waals surface area contributed by atoms with Crippen LogP contribution in [-0.2, 0) is 14.3 Å². The summed E-state index contributed by atoms with van der Waals surface area (Å²) in [7, 11) is 0. The molecule has 1 aromatic heterocycles. The molecule has 3 amide bonds. The van der Waals surface area contributed by atoms with Crippen LogP contribution in [0.25, 0.3) is 10.2 Å². The Labute approximate surface area is 215 Å². The third-order valence-corrected chi connectivity index (χ3v) is 7.71. The lowest BCUT2D eigenvalue weighted by atomic mass is 10.1. The number of benzene rings is 2. The molecule has 8 nitrogen and oxygen atoms in total. The van der Waals surface area contributed by atoms with E-state index in [1.54, 1.807) is 29.2 Å². The molecule has 3 heterocycles. The summed E-state index contributed by atoms with van der Waals surface area (Å²) in [6, 6.07) is 12.6. The van der Waals surface area contributed by atoms with Gasteiger partial charge in [-0.05, 0) is 42.8 Å². The Bertz CT molecular complexity index is 1260. The molecule has 0 spiro atoms. The number of hydrogen-bond acceptors (Lipinski definition) is 7. The van der Waals surface area contributed by atoms with Gasteiger partial charge in [0, 0.05) is 49.1 Å². The van der Waals surface area contributed by atoms with E-state index in [9.17, 15) is 14.4 Å². The SMILES string of the molecule is O=C(c1cccc(N2C(=O)CCC2=O)c1)N(CCCN1CCOCC1)c1nc2ccc(Br)cc2s1. The van der Waals surface area contributed by atoms with Crippen molar-refractivity contribution in [3.05, 3.63) is 52.5 Å². The summed E-state index contributed by atoms with van der Waals surface area (Å²) < 4.78 is 7.38. The maximum absolute atomic E-state index is 13.8. The van der Waals surface area contributed by atoms with E-state index in [4.69, 9.17) is 9.72 Å². The average Bonchev–Trinajstić information content (AvgIpc) is 3.44. The molecule has 10 heteroatoms. The van der Waals surface area contributed by atoms with Crippen LogP contribution in [0.5, 0.6) is 0 Å². The summed E-state index contributed by atoms with van der Waals surface area (Å²) in [5.74, 6) is -0.677. The van der Waals surface area contributed by atoms with Crippen LogP contribution in [-0.4, -0.2) is 67.0 Å². The number of ether oxygens (including phenoxy) is 1. The second-order valence-electron chi connectivity index (χ2n) is 8.55. The summed E-state index contributed by atoms with van der Waals surface area (Å²) >= 11 is 4.97. The van der Waals surface area contributed by atoms with E-state index < -0.39 is 0 Å². The van der Waals surface area contributed by atoms with Gasteiger partial charge in [-0.1, -0.05) is 33.3 Å². The molecule has 0 bridgehead atoms. The van der Waals surface area contributed by atoms with Gasteiger partial charge in [-0.3, -0.25) is 29.1 Å². The van der Waals surface area contributed by atoms with Crippen molar-refractivity contribution < 1.29 is 19.1 Å². The molecule has 182 valence electrons. The maximum Gasteiger partial charge on any atom is 0.260 e. The van der Waals surface area contributed by atoms with Crippen molar-refractivity contribution in [2.45, 2.75) is 19.3 Å². The minimum Gasteiger partial charge on any atom is -0.379 e. The highest BCUT2D eigenvalue weighted by Crippen LogP contribution is 2.32. The van der Waals surface area contributed by atoms with E-state index in [2.05, 4.69) is 20.8 Å². The number of aromatic nitrogens is 1. The molecule has 0 radical (unpaired) electrons. The van der Waals surface area contributed by atoms with E-state index >= 15 is 0 Å². The van der Waals surface area contributed by atoms with Crippen LogP contribution in [0.4, 0.5) is 10.8 Å². The molecule has 0 unspecified atom stereocenters. The molecule has 0 aliphatic carbocycles. The second-order valence-corrected chi connectivity index (χ2v) is 10.5. The lowest BCUT2D eigenvalue weighted by Crippen LogP contribution is -2.39. The molecule has 3 aromatic rings. The van der Waals surface area contributed by atoms with Gasteiger partial charge in [-0.25, -0.2) is 4.98 Å². The van der Waals surface area contributed by atoms with Crippen LogP contribution in [0.1, 0.15) is 29.6 Å². The first-order valence-corrected chi connectivity index (χ1v) is 13.2. The van der Waals surface area contributed by atoms with Gasteiger partial charge >= 0.3 is 0 Å². The molecule has 35 heavy (non-hydrogen) atoms. The number of halogens is 1. The first kappa shape index (κ1) is 24.1. The molecular weight excluding hydrogens is 532 g/mol. The minimum atomic E-state index is -0.237. The number of carbonyl (C=O) groups is 3. The Morgan fingerprint density at radius 2 is 1.86 bits per heavy atom. The summed E-state index contributed by atoms with van der Waals surface area (Å²) in [4.78, 5) is 48.2. The van der Waals surface area contributed by atoms with Crippen molar-refractivity contribution in [2.75, 3.05) is 49.2 Å². The highest BCUT2D eigenvalue weighted by Gasteiger charge is 2.31. The van der Waals surface area contributed by atoms with Gasteiger partial charge < -0.3 is 4.74 Å². The summed E-state index contributed by atoms with van der Waals surface area (Å²) in [5.41, 5.74) is 1.69. The Morgan fingerprint density at radius 1 is 1.09 bits per heavy atom. The van der Waals surface area contributed by atoms with Gasteiger partial charge in [0.1, 0.15) is 0 Å². The zero-order valence-electron chi connectivity index (χ0n) is 19.1. The summed E-state index contributed by atoms with van der Waals surface area (Å²) in [5, 5.41) is 0.629. The molecule has 0 N–H and O–H groups in total. The first-order valence-electron chi connectivity index (χ1n) is 11.6. The van der Waals surface area contributed by atoms with Crippen LogP contribution in [0.15, 0.2) is 46.9 Å². The monoisotopic (exact) mass is 556 g/mol. The molecule has 2 aliphatic rings. The highest BCUT2D eigenvalue weighted by molar-refractivity contribution is 9.10. The number of fused-ring (bicyclic) bond motifs is 1. The van der Waals surface area contributed by atoms with Crippen molar-refractivity contribution in [3.8, 4) is 0 Å². The number of thiazole rings is 1. The number of rotatable bonds is 7. The van der Waals surface area contributed by atoms with Crippen LogP contribution < -0.4 is 9.80 Å². The number of hydrogen-bond donors (Lipinski definition) is 0. The third-order valence-electron chi connectivity index (χ3n) is 6.18. The number of morpholine rings is 1. The maximum atomic E-state index is 13.8. The van der Waals surface area contributed by atoms with E-state index in [1.165, 1.54) is 16.2 Å². The van der Waals surface area contributed by atoms with Crippen LogP contribution in [0, 0.1) is 0 Å². The number of imide groups is 1. The van der Waals surface area contributed by atoms with Crippen molar-refractivity contribution in [2.24, 2.45) is 0 Å². The quantitative estimate of drug-likeness (QED) is 0.408. The van der Waals surface area contributed by atoms with E-state index in [0.717, 1.165) is 54.0 Å². The largest absolute Gasteiger partial charge is 0.379 e. The average molecular weight is 557 g/mol. The smallest absolute Gasteiger partial charge is 0.260 e. The van der Waals surface area contributed by atoms with Crippen molar-refractivity contribution in [1.29, 1.82) is 0 Å². The van der Waals surface area contributed by atoms with Crippen LogP contribution >= 0.6 is 27.3 Å². The minimum absolute atomic E-state index is 0.200. The van der Waals surface area contributed by atoms with Gasteiger partial charge in [0.25, 0.3) is 5.91 Å². The molecular formula is C25H25BrN4O4S. The lowest BCUT2D eigenvalue weighted by molar-refractivity contribution is -0.121. The molecule has 0 atom stereocenters. The normalized spacial score (nSPS) is 16.9. The standard InChI is InChI=1S/C25H25BrN4O4S/c26-18-5-6-20-21(16-18)35-25(27-20)29(10-2-9-28-11-13-34-14-12-28)24(33)17-3-1-4-19(15-17)30-22(31)7-8-23(30)32/h1,3-6,15-16H,2,7-14H2. The van der Waals surface area contributed by atoms with Gasteiger partial charge in [-0.15, -0.1) is 0 Å². The number of amides is 3. The Morgan fingerprint density at radius 3 is 2.63 bits per heavy atom. The molecule has 0 saturated carbocycles. The van der Waals surface area contributed by atoms with Gasteiger partial charge in [-0.2, -0.15) is 0 Å². The number of anilines is 2. The van der Waals surface area contributed by atoms with Gasteiger partial charge in [0.2, 0.25) is 11.8 Å². The van der Waals surface area contributed by atoms with Gasteiger partial charge in [0.05, 0.1) is 29.1 Å². The summed E-state index contributed by atoms with van der Waals surface area (Å²) in [6.07, 6.45) is 1.19. The fraction of sp³-hybridized carbons (Fsp3) is 0.360. The predicted molar refractivity (Wildman–Crippen MR) is 139 cm³/mol. The topological polar surface area (TPSA) is 83.1 Å². The van der Waals surface area contributed by atoms with E-state index in [0.29, 0.717) is 22.9 Å². The second kappa shape index (κ2) is 10.5. The fourth-order valence-electron chi connectivity index (χ4n) is 4.36. The van der Waals surface area contributed by atoms with Crippen molar-refractivity contribution in [3.63, 3.8) is 0 Å². The molecule has 2 saturated heterocycles. The molecule has 2 aliphatic heterocycles. The van der Waals surface area contributed by atoms with E-state index in [-0.39, 0.29) is 30.6 Å². The zero-order valence-corrected chi connectivity index (χ0v) is 21.5. The molecule has 2 fully saturated rings. The Kier molecular flexibility index (Phi) is 7.24. The predicted octanol–water partition coefficient (Wildman–Crippen LogP) is 4.08. The van der Waals surface area contributed by atoms with E-state index in [1.807, 2.05) is 18.2 Å². The Hall–Kier alpha value is -2.66. The van der Waals surface area contributed by atoms with Gasteiger partial charge in [0.15, 0.2) is 5.13 Å². The number of nitrogens with zero attached hydrogens (tertiary/aromatic N) is 4. The molecule has 5 rings (SSSR count). The molecule has 2 aromatic carbocycles. The van der Waals surface area contributed by atoms with Crippen LogP contribution in [0.3, 0.4) is 0 Å². The lowest BCUT2D eigenvalue weighted by Gasteiger charge is -2.28.